The van der Waals surface area contributed by atoms with Crippen molar-refractivity contribution in [3.8, 4) is 0 Å². The highest BCUT2D eigenvalue weighted by molar-refractivity contribution is 7.85. The molecule has 1 heterocycles. The fourth-order valence-electron chi connectivity index (χ4n) is 1.12. The van der Waals surface area contributed by atoms with E-state index in [4.69, 9.17) is 9.52 Å². The molecule has 0 fully saturated rings. The summed E-state index contributed by atoms with van der Waals surface area (Å²) in [5.74, 6) is -1.80. The summed E-state index contributed by atoms with van der Waals surface area (Å²) in [5.41, 5.74) is 0. The Hall–Kier alpha value is -1.63. The van der Waals surface area contributed by atoms with Gasteiger partial charge in [-0.15, -0.1) is 0 Å². The van der Waals surface area contributed by atoms with Gasteiger partial charge in [0.25, 0.3) is 0 Å². The normalized spacial score (nSPS) is 12.4. The minimum Gasteiger partial charge on any atom is -0.475 e. The van der Waals surface area contributed by atoms with Gasteiger partial charge in [0, 0.05) is 6.54 Å². The Morgan fingerprint density at radius 1 is 1.44 bits per heavy atom. The lowest BCUT2D eigenvalue weighted by atomic mass is 10.2. The molecule has 1 aromatic rings. The number of nitrogens with one attached hydrogen (secondary N) is 1. The van der Waals surface area contributed by atoms with Gasteiger partial charge in [0.05, 0.1) is 10.8 Å². The molecule has 18 heavy (non-hydrogen) atoms. The maximum absolute atomic E-state index is 11.7. The van der Waals surface area contributed by atoms with E-state index in [0.29, 0.717) is 12.5 Å². The Morgan fingerprint density at radius 3 is 2.61 bits per heavy atom. The number of hydrogen-bond donors (Lipinski definition) is 2. The first kappa shape index (κ1) is 14.4. The van der Waals surface area contributed by atoms with Crippen molar-refractivity contribution in [2.45, 2.75) is 18.9 Å². The molecule has 0 aliphatic heterocycles. The zero-order valence-electron chi connectivity index (χ0n) is 10.1. The molecule has 1 rings (SSSR count). The Balaban J connectivity index is 2.54. The summed E-state index contributed by atoms with van der Waals surface area (Å²) < 4.78 is 16.6. The molecular formula is C11H15NO5S. The highest BCUT2D eigenvalue weighted by atomic mass is 32.2. The molecule has 0 saturated carbocycles. The summed E-state index contributed by atoms with van der Waals surface area (Å²) in [4.78, 5) is 22.0. The molecule has 7 heteroatoms. The highest BCUT2D eigenvalue weighted by Crippen LogP contribution is 2.12. The van der Waals surface area contributed by atoms with Crippen molar-refractivity contribution in [3.63, 3.8) is 0 Å². The number of carboxylic acids is 1. The molecule has 6 nitrogen and oxygen atoms in total. The van der Waals surface area contributed by atoms with E-state index in [1.807, 2.05) is 13.8 Å². The predicted octanol–water partition coefficient (Wildman–Crippen LogP) is 0.858. The van der Waals surface area contributed by atoms with E-state index in [0.717, 1.165) is 0 Å². The number of rotatable bonds is 6. The molecule has 0 spiro atoms. The standard InChI is InChI=1S/C11H15NO5S/c1-7(2)5-12-9(13)6-18(16)10-4-3-8(17-10)11(14)15/h3-4,7H,5-6H2,1-2H3,(H,12,13)(H,14,15). The second-order valence-electron chi connectivity index (χ2n) is 4.11. The van der Waals surface area contributed by atoms with Gasteiger partial charge in [0.1, 0.15) is 5.75 Å². The largest absolute Gasteiger partial charge is 0.475 e. The zero-order valence-corrected chi connectivity index (χ0v) is 11.0. The van der Waals surface area contributed by atoms with Crippen molar-refractivity contribution in [2.75, 3.05) is 12.3 Å². The van der Waals surface area contributed by atoms with E-state index in [1.54, 1.807) is 0 Å². The average Bonchev–Trinajstić information content (AvgIpc) is 2.75. The quantitative estimate of drug-likeness (QED) is 0.801. The molecular weight excluding hydrogens is 258 g/mol. The van der Waals surface area contributed by atoms with Gasteiger partial charge in [-0.05, 0) is 18.1 Å². The van der Waals surface area contributed by atoms with Gasteiger partial charge in [0.2, 0.25) is 11.7 Å². The van der Waals surface area contributed by atoms with E-state index in [9.17, 15) is 13.8 Å². The Morgan fingerprint density at radius 2 is 2.11 bits per heavy atom. The first-order chi connectivity index (χ1) is 8.40. The van der Waals surface area contributed by atoms with E-state index >= 15 is 0 Å². The van der Waals surface area contributed by atoms with E-state index < -0.39 is 16.8 Å². The van der Waals surface area contributed by atoms with Crippen LogP contribution in [0.3, 0.4) is 0 Å². The van der Waals surface area contributed by atoms with E-state index in [1.165, 1.54) is 12.1 Å². The molecule has 0 saturated heterocycles. The van der Waals surface area contributed by atoms with Crippen molar-refractivity contribution in [3.05, 3.63) is 17.9 Å². The van der Waals surface area contributed by atoms with Gasteiger partial charge < -0.3 is 14.8 Å². The Kier molecular flexibility index (Phi) is 5.08. The van der Waals surface area contributed by atoms with Crippen LogP contribution in [0, 0.1) is 5.92 Å². The summed E-state index contributed by atoms with van der Waals surface area (Å²) in [6.07, 6.45) is 0. The number of aromatic carboxylic acids is 1. The summed E-state index contributed by atoms with van der Waals surface area (Å²) in [5, 5.41) is 11.3. The van der Waals surface area contributed by atoms with Gasteiger partial charge in [-0.3, -0.25) is 9.00 Å². The lowest BCUT2D eigenvalue weighted by Crippen LogP contribution is -2.31. The number of amides is 1. The van der Waals surface area contributed by atoms with Gasteiger partial charge >= 0.3 is 5.97 Å². The summed E-state index contributed by atoms with van der Waals surface area (Å²) in [7, 11) is -1.67. The fraction of sp³-hybridized carbons (Fsp3) is 0.455. The molecule has 0 aliphatic rings. The van der Waals surface area contributed by atoms with Crippen LogP contribution in [-0.2, 0) is 15.6 Å². The number of carbonyl (C=O) groups excluding carboxylic acids is 1. The topological polar surface area (TPSA) is 96.6 Å². The van der Waals surface area contributed by atoms with Gasteiger partial charge in [-0.2, -0.15) is 0 Å². The number of hydrogen-bond acceptors (Lipinski definition) is 4. The minimum atomic E-state index is -1.67. The van der Waals surface area contributed by atoms with Crippen LogP contribution in [0.15, 0.2) is 21.6 Å². The molecule has 2 N–H and O–H groups in total. The molecule has 0 bridgehead atoms. The molecule has 0 aliphatic carbocycles. The van der Waals surface area contributed by atoms with Crippen LogP contribution in [0.4, 0.5) is 0 Å². The SMILES string of the molecule is CC(C)CNC(=O)CS(=O)c1ccc(C(=O)O)o1. The predicted molar refractivity (Wildman–Crippen MR) is 64.8 cm³/mol. The summed E-state index contributed by atoms with van der Waals surface area (Å²) in [6, 6.07) is 2.51. The first-order valence-corrected chi connectivity index (χ1v) is 6.70. The van der Waals surface area contributed by atoms with Crippen LogP contribution < -0.4 is 5.32 Å². The van der Waals surface area contributed by atoms with Crippen LogP contribution in [0.2, 0.25) is 0 Å². The molecule has 100 valence electrons. The van der Waals surface area contributed by atoms with Crippen molar-refractivity contribution < 1.29 is 23.3 Å². The Bertz CT molecular complexity index is 466. The summed E-state index contributed by atoms with van der Waals surface area (Å²) in [6.45, 7) is 4.40. The van der Waals surface area contributed by atoms with E-state index in [2.05, 4.69) is 5.32 Å². The van der Waals surface area contributed by atoms with Crippen molar-refractivity contribution in [1.29, 1.82) is 0 Å². The molecule has 1 unspecified atom stereocenters. The van der Waals surface area contributed by atoms with Crippen molar-refractivity contribution >= 4 is 22.7 Å². The van der Waals surface area contributed by atoms with Gasteiger partial charge in [0.15, 0.2) is 5.09 Å². The second kappa shape index (κ2) is 6.34. The fourth-order valence-corrected chi connectivity index (χ4v) is 2.00. The Labute approximate surface area is 107 Å². The molecule has 1 amide bonds. The third kappa shape index (κ3) is 4.33. The number of furan rings is 1. The average molecular weight is 273 g/mol. The zero-order chi connectivity index (χ0) is 13.7. The van der Waals surface area contributed by atoms with Crippen molar-refractivity contribution in [1.82, 2.24) is 5.32 Å². The smallest absolute Gasteiger partial charge is 0.371 e. The molecule has 1 aromatic heterocycles. The molecule has 0 radical (unpaired) electrons. The van der Waals surface area contributed by atoms with Crippen LogP contribution in [-0.4, -0.2) is 33.5 Å². The van der Waals surface area contributed by atoms with Crippen LogP contribution in [0.25, 0.3) is 0 Å². The number of carbonyl (C=O) groups is 2. The first-order valence-electron chi connectivity index (χ1n) is 5.38. The third-order valence-electron chi connectivity index (χ3n) is 1.99. The second-order valence-corrected chi connectivity index (χ2v) is 5.49. The maximum atomic E-state index is 11.7. The van der Waals surface area contributed by atoms with Crippen molar-refractivity contribution in [2.24, 2.45) is 5.92 Å². The lowest BCUT2D eigenvalue weighted by molar-refractivity contribution is -0.118. The highest BCUT2D eigenvalue weighted by Gasteiger charge is 2.16. The van der Waals surface area contributed by atoms with Crippen LogP contribution in [0.1, 0.15) is 24.4 Å². The van der Waals surface area contributed by atoms with Crippen LogP contribution in [0.5, 0.6) is 0 Å². The van der Waals surface area contributed by atoms with E-state index in [-0.39, 0.29) is 22.5 Å². The maximum Gasteiger partial charge on any atom is 0.371 e. The van der Waals surface area contributed by atoms with Crippen LogP contribution >= 0.6 is 0 Å². The van der Waals surface area contributed by atoms with Gasteiger partial charge in [-0.1, -0.05) is 13.8 Å². The lowest BCUT2D eigenvalue weighted by Gasteiger charge is -2.06. The third-order valence-corrected chi connectivity index (χ3v) is 3.18. The molecule has 1 atom stereocenters. The van der Waals surface area contributed by atoms with Gasteiger partial charge in [-0.25, -0.2) is 4.79 Å². The monoisotopic (exact) mass is 273 g/mol. The minimum absolute atomic E-state index is 0.00732. The number of carboxylic acid groups (broad SMARTS) is 1. The summed E-state index contributed by atoms with van der Waals surface area (Å²) >= 11 is 0. The molecule has 0 aromatic carbocycles.